The highest BCUT2D eigenvalue weighted by Gasteiger charge is 2.20. The minimum Gasteiger partial charge on any atom is -0.291 e. The van der Waals surface area contributed by atoms with Gasteiger partial charge in [0.2, 0.25) is 0 Å². The Bertz CT molecular complexity index is 1210. The molecule has 1 aromatic carbocycles. The minimum absolute atomic E-state index is 0.0497. The van der Waals surface area contributed by atoms with Crippen molar-refractivity contribution >= 4 is 38.7 Å². The van der Waals surface area contributed by atoms with Crippen molar-refractivity contribution < 1.29 is 9.18 Å². The molecule has 3 aromatic heterocycles. The van der Waals surface area contributed by atoms with E-state index in [4.69, 9.17) is 0 Å². The van der Waals surface area contributed by atoms with E-state index in [2.05, 4.69) is 4.98 Å². The minimum atomic E-state index is -0.330. The van der Waals surface area contributed by atoms with Crippen LogP contribution in [-0.2, 0) is 6.54 Å². The number of aryl methyl sites for hydroxylation is 2. The number of Topliss-reactive ketones (excluding diaryl/α,β-unsaturated/α-hetero) is 1. The maximum absolute atomic E-state index is 13.3. The van der Waals surface area contributed by atoms with Gasteiger partial charge in [0.05, 0.1) is 16.8 Å². The SMILES string of the molecule is Cc1sc2nc(C)n(CC(=O)c3cccs3)c(=O)c2c1-c1ccc(F)cc1. The molecule has 3 heterocycles. The van der Waals surface area contributed by atoms with E-state index < -0.39 is 0 Å². The number of thiophene rings is 2. The number of hydrogen-bond acceptors (Lipinski definition) is 5. The Morgan fingerprint density at radius 1 is 1.19 bits per heavy atom. The molecule has 0 bridgehead atoms. The highest BCUT2D eigenvalue weighted by molar-refractivity contribution is 7.19. The molecule has 0 aliphatic heterocycles. The summed E-state index contributed by atoms with van der Waals surface area (Å²) < 4.78 is 14.7. The van der Waals surface area contributed by atoms with E-state index in [-0.39, 0.29) is 23.7 Å². The van der Waals surface area contributed by atoms with Gasteiger partial charge in [-0.1, -0.05) is 18.2 Å². The molecule has 4 nitrogen and oxygen atoms in total. The Hall–Kier alpha value is -2.64. The third kappa shape index (κ3) is 3.13. The summed E-state index contributed by atoms with van der Waals surface area (Å²) in [5.41, 5.74) is 1.27. The number of aromatic nitrogens is 2. The van der Waals surface area contributed by atoms with Crippen LogP contribution in [0.3, 0.4) is 0 Å². The Labute approximate surface area is 162 Å². The molecular weight excluding hydrogens is 383 g/mol. The largest absolute Gasteiger partial charge is 0.291 e. The predicted molar refractivity (Wildman–Crippen MR) is 107 cm³/mol. The van der Waals surface area contributed by atoms with Gasteiger partial charge in [0.25, 0.3) is 5.56 Å². The van der Waals surface area contributed by atoms with Gasteiger partial charge in [-0.2, -0.15) is 0 Å². The smallest absolute Gasteiger partial charge is 0.263 e. The molecule has 0 fully saturated rings. The summed E-state index contributed by atoms with van der Waals surface area (Å²) in [7, 11) is 0. The molecule has 4 aromatic rings. The zero-order valence-electron chi connectivity index (χ0n) is 14.7. The van der Waals surface area contributed by atoms with Gasteiger partial charge in [0.15, 0.2) is 5.78 Å². The number of nitrogens with zero attached hydrogens (tertiary/aromatic N) is 2. The van der Waals surface area contributed by atoms with Crippen LogP contribution in [-0.4, -0.2) is 15.3 Å². The van der Waals surface area contributed by atoms with Crippen molar-refractivity contribution in [2.45, 2.75) is 20.4 Å². The van der Waals surface area contributed by atoms with Crippen molar-refractivity contribution in [1.82, 2.24) is 9.55 Å². The van der Waals surface area contributed by atoms with Crippen molar-refractivity contribution in [1.29, 1.82) is 0 Å². The Balaban J connectivity index is 1.89. The molecule has 0 unspecified atom stereocenters. The summed E-state index contributed by atoms with van der Waals surface area (Å²) >= 11 is 2.78. The van der Waals surface area contributed by atoms with Crippen LogP contribution in [0, 0.1) is 19.7 Å². The molecule has 0 saturated heterocycles. The first-order valence-electron chi connectivity index (χ1n) is 8.29. The summed E-state index contributed by atoms with van der Waals surface area (Å²) in [6.07, 6.45) is 0. The van der Waals surface area contributed by atoms with Crippen molar-refractivity contribution in [2.75, 3.05) is 0 Å². The fourth-order valence-corrected chi connectivity index (χ4v) is 4.84. The highest BCUT2D eigenvalue weighted by atomic mass is 32.1. The molecule has 136 valence electrons. The molecule has 0 aliphatic rings. The van der Waals surface area contributed by atoms with Crippen LogP contribution in [0.1, 0.15) is 20.4 Å². The molecule has 0 aliphatic carbocycles. The Kier molecular flexibility index (Phi) is 4.49. The van der Waals surface area contributed by atoms with Gasteiger partial charge < -0.3 is 0 Å². The number of benzene rings is 1. The first-order valence-corrected chi connectivity index (χ1v) is 9.98. The van der Waals surface area contributed by atoms with Crippen LogP contribution in [0.5, 0.6) is 0 Å². The van der Waals surface area contributed by atoms with Crippen LogP contribution < -0.4 is 5.56 Å². The fraction of sp³-hybridized carbons (Fsp3) is 0.150. The lowest BCUT2D eigenvalue weighted by molar-refractivity contribution is 0.0973. The molecule has 4 rings (SSSR count). The summed E-state index contributed by atoms with van der Waals surface area (Å²) in [4.78, 5) is 32.5. The second-order valence-electron chi connectivity index (χ2n) is 6.17. The Morgan fingerprint density at radius 3 is 2.59 bits per heavy atom. The van der Waals surface area contributed by atoms with Crippen molar-refractivity contribution in [2.24, 2.45) is 0 Å². The number of fused-ring (bicyclic) bond motifs is 1. The molecule has 0 atom stereocenters. The number of halogens is 1. The second kappa shape index (κ2) is 6.83. The normalized spacial score (nSPS) is 11.2. The number of carbonyl (C=O) groups is 1. The summed E-state index contributed by atoms with van der Waals surface area (Å²) in [6.45, 7) is 3.60. The summed E-state index contributed by atoms with van der Waals surface area (Å²) in [6, 6.07) is 9.62. The third-order valence-electron chi connectivity index (χ3n) is 4.41. The first kappa shape index (κ1) is 17.8. The van der Waals surface area contributed by atoms with Gasteiger partial charge >= 0.3 is 0 Å². The number of rotatable bonds is 4. The van der Waals surface area contributed by atoms with E-state index in [1.54, 1.807) is 25.1 Å². The lowest BCUT2D eigenvalue weighted by atomic mass is 10.0. The molecule has 0 amide bonds. The fourth-order valence-electron chi connectivity index (χ4n) is 3.11. The van der Waals surface area contributed by atoms with Gasteiger partial charge in [0.1, 0.15) is 16.5 Å². The van der Waals surface area contributed by atoms with Crippen molar-refractivity contribution in [3.63, 3.8) is 0 Å². The van der Waals surface area contributed by atoms with Gasteiger partial charge in [-0.3, -0.25) is 14.2 Å². The van der Waals surface area contributed by atoms with Gasteiger partial charge in [0, 0.05) is 10.4 Å². The molecule has 0 saturated carbocycles. The molecule has 0 radical (unpaired) electrons. The predicted octanol–water partition coefficient (Wildman–Crippen LogP) is 4.83. The van der Waals surface area contributed by atoms with Gasteiger partial charge in [-0.15, -0.1) is 22.7 Å². The zero-order chi connectivity index (χ0) is 19.1. The number of ketones is 1. The average molecular weight is 398 g/mol. The standard InChI is InChI=1S/C20H15FN2O2S2/c1-11-17(13-5-7-14(21)8-6-13)18-19(27-11)22-12(2)23(20(18)25)10-15(24)16-4-3-9-26-16/h3-9H,10H2,1-2H3. The maximum atomic E-state index is 13.3. The number of hydrogen-bond donors (Lipinski definition) is 0. The number of carbonyl (C=O) groups excluding carboxylic acids is 1. The quantitative estimate of drug-likeness (QED) is 0.463. The Morgan fingerprint density at radius 2 is 1.93 bits per heavy atom. The van der Waals surface area contributed by atoms with Crippen molar-refractivity contribution in [3.05, 3.63) is 73.5 Å². The monoisotopic (exact) mass is 398 g/mol. The van der Waals surface area contributed by atoms with Gasteiger partial charge in [-0.25, -0.2) is 9.37 Å². The zero-order valence-corrected chi connectivity index (χ0v) is 16.3. The van der Waals surface area contributed by atoms with Crippen LogP contribution in [0.25, 0.3) is 21.3 Å². The molecule has 0 N–H and O–H groups in total. The second-order valence-corrected chi connectivity index (χ2v) is 8.32. The van der Waals surface area contributed by atoms with E-state index in [1.807, 2.05) is 18.4 Å². The van der Waals surface area contributed by atoms with E-state index in [0.29, 0.717) is 20.9 Å². The molecule has 27 heavy (non-hydrogen) atoms. The summed E-state index contributed by atoms with van der Waals surface area (Å²) in [5, 5.41) is 2.31. The topological polar surface area (TPSA) is 52.0 Å². The average Bonchev–Trinajstić information content (AvgIpc) is 3.27. The maximum Gasteiger partial charge on any atom is 0.263 e. The van der Waals surface area contributed by atoms with E-state index in [0.717, 1.165) is 16.0 Å². The lowest BCUT2D eigenvalue weighted by Crippen LogP contribution is -2.27. The highest BCUT2D eigenvalue weighted by Crippen LogP contribution is 2.35. The van der Waals surface area contributed by atoms with Crippen LogP contribution in [0.15, 0.2) is 46.6 Å². The van der Waals surface area contributed by atoms with Gasteiger partial charge in [-0.05, 0) is 43.0 Å². The van der Waals surface area contributed by atoms with Crippen LogP contribution in [0.4, 0.5) is 4.39 Å². The third-order valence-corrected chi connectivity index (χ3v) is 6.32. The molecule has 0 spiro atoms. The lowest BCUT2D eigenvalue weighted by Gasteiger charge is -2.09. The van der Waals surface area contributed by atoms with Crippen LogP contribution >= 0.6 is 22.7 Å². The van der Waals surface area contributed by atoms with E-state index in [1.165, 1.54) is 39.4 Å². The van der Waals surface area contributed by atoms with Crippen LogP contribution in [0.2, 0.25) is 0 Å². The molecular formula is C20H15FN2O2S2. The van der Waals surface area contributed by atoms with Crippen molar-refractivity contribution in [3.8, 4) is 11.1 Å². The van der Waals surface area contributed by atoms with E-state index in [9.17, 15) is 14.0 Å². The summed E-state index contributed by atoms with van der Waals surface area (Å²) in [5.74, 6) is 0.0554. The molecule has 7 heteroatoms. The first-order chi connectivity index (χ1) is 13.0. The van der Waals surface area contributed by atoms with E-state index >= 15 is 0 Å².